The summed E-state index contributed by atoms with van der Waals surface area (Å²) in [5.41, 5.74) is 0.128. The third kappa shape index (κ3) is 2.14. The maximum atomic E-state index is 12.5. The Kier molecular flexibility index (Phi) is 3.49. The van der Waals surface area contributed by atoms with Crippen LogP contribution in [0.2, 0.25) is 10.0 Å². The van der Waals surface area contributed by atoms with Gasteiger partial charge in [0.25, 0.3) is 5.91 Å². The summed E-state index contributed by atoms with van der Waals surface area (Å²) < 4.78 is 0. The van der Waals surface area contributed by atoms with Crippen molar-refractivity contribution in [2.24, 2.45) is 0 Å². The molecular weight excluding hydrogens is 333 g/mol. The molecule has 0 bridgehead atoms. The van der Waals surface area contributed by atoms with Gasteiger partial charge >= 0.3 is 5.91 Å². The second-order valence-corrected chi connectivity index (χ2v) is 5.95. The number of imide groups is 1. The lowest BCUT2D eigenvalue weighted by atomic mass is 10.2. The smallest absolute Gasteiger partial charge is 0.301 e. The number of carbonyl (C=O) groups is 2. The summed E-state index contributed by atoms with van der Waals surface area (Å²) in [6, 6.07) is 8.00. The molecule has 2 aromatic rings. The first kappa shape index (κ1) is 14.1. The third-order valence-electron chi connectivity index (χ3n) is 3.00. The molecule has 1 N–H and O–H groups in total. The molecule has 4 nitrogen and oxygen atoms in total. The second-order valence-electron chi connectivity index (χ2n) is 4.22. The molecule has 0 fully saturated rings. The average Bonchev–Trinajstić information content (AvgIpc) is 3.03. The quantitative estimate of drug-likeness (QED) is 0.844. The summed E-state index contributed by atoms with van der Waals surface area (Å²) in [5.74, 6) is -2.02. The van der Waals surface area contributed by atoms with E-state index in [-0.39, 0.29) is 21.3 Å². The predicted octanol–water partition coefficient (Wildman–Crippen LogP) is 3.90. The maximum absolute atomic E-state index is 12.5. The summed E-state index contributed by atoms with van der Waals surface area (Å²) in [6.45, 7) is 0. The Balaban J connectivity index is 2.11. The topological polar surface area (TPSA) is 57.6 Å². The first-order valence-corrected chi connectivity index (χ1v) is 7.46. The summed E-state index contributed by atoms with van der Waals surface area (Å²) >= 11 is 13.2. The molecule has 1 aromatic heterocycles. The van der Waals surface area contributed by atoms with Crippen molar-refractivity contribution < 1.29 is 14.7 Å². The largest absolute Gasteiger partial charge is 0.502 e. The number of hydrogen-bond acceptors (Lipinski definition) is 4. The minimum atomic E-state index is -0.812. The SMILES string of the molecule is O=C1C(O)=C(c2cccs2)C(=O)N1c1cccc(Cl)c1Cl. The van der Waals surface area contributed by atoms with E-state index in [2.05, 4.69) is 0 Å². The zero-order valence-electron chi connectivity index (χ0n) is 10.3. The highest BCUT2D eigenvalue weighted by molar-refractivity contribution is 7.11. The Bertz CT molecular complexity index is 784. The highest BCUT2D eigenvalue weighted by Crippen LogP contribution is 2.38. The number of aliphatic hydroxyl groups excluding tert-OH is 1. The van der Waals surface area contributed by atoms with Crippen LogP contribution in [0.25, 0.3) is 5.57 Å². The van der Waals surface area contributed by atoms with Crippen molar-refractivity contribution in [3.63, 3.8) is 0 Å². The van der Waals surface area contributed by atoms with Crippen molar-refractivity contribution >= 4 is 57.6 Å². The van der Waals surface area contributed by atoms with Gasteiger partial charge in [-0.05, 0) is 23.6 Å². The standard InChI is InChI=1S/C14H7Cl2NO3S/c15-7-3-1-4-8(11(7)16)17-13(19)10(12(18)14(17)20)9-5-2-6-21-9/h1-6,18H. The Morgan fingerprint density at radius 3 is 2.48 bits per heavy atom. The molecule has 1 aliphatic rings. The third-order valence-corrected chi connectivity index (χ3v) is 4.70. The molecule has 1 aromatic carbocycles. The van der Waals surface area contributed by atoms with Gasteiger partial charge in [-0.25, -0.2) is 4.90 Å². The van der Waals surface area contributed by atoms with Crippen molar-refractivity contribution in [1.29, 1.82) is 0 Å². The molecule has 7 heteroatoms. The number of anilines is 1. The lowest BCUT2D eigenvalue weighted by Gasteiger charge is -2.16. The van der Waals surface area contributed by atoms with Gasteiger partial charge in [-0.15, -0.1) is 11.3 Å². The monoisotopic (exact) mass is 339 g/mol. The molecule has 1 aliphatic heterocycles. The molecule has 106 valence electrons. The minimum Gasteiger partial charge on any atom is -0.502 e. The van der Waals surface area contributed by atoms with Gasteiger partial charge in [-0.2, -0.15) is 0 Å². The van der Waals surface area contributed by atoms with E-state index >= 15 is 0 Å². The van der Waals surface area contributed by atoms with Crippen molar-refractivity contribution in [3.05, 3.63) is 56.4 Å². The van der Waals surface area contributed by atoms with Crippen LogP contribution >= 0.6 is 34.5 Å². The first-order valence-electron chi connectivity index (χ1n) is 5.82. The molecule has 0 saturated heterocycles. The van der Waals surface area contributed by atoms with Crippen LogP contribution in [0, 0.1) is 0 Å². The number of halogens is 2. The lowest BCUT2D eigenvalue weighted by Crippen LogP contribution is -2.31. The van der Waals surface area contributed by atoms with Crippen LogP contribution in [-0.4, -0.2) is 16.9 Å². The van der Waals surface area contributed by atoms with Gasteiger partial charge in [0.2, 0.25) is 0 Å². The Hall–Kier alpha value is -1.82. The molecule has 21 heavy (non-hydrogen) atoms. The molecular formula is C14H7Cl2NO3S. The Morgan fingerprint density at radius 1 is 1.05 bits per heavy atom. The van der Waals surface area contributed by atoms with Gasteiger partial charge in [-0.3, -0.25) is 9.59 Å². The number of hydrogen-bond donors (Lipinski definition) is 1. The normalized spacial score (nSPS) is 15.2. The van der Waals surface area contributed by atoms with E-state index < -0.39 is 17.6 Å². The lowest BCUT2D eigenvalue weighted by molar-refractivity contribution is -0.121. The molecule has 0 atom stereocenters. The fraction of sp³-hybridized carbons (Fsp3) is 0. The molecule has 0 aliphatic carbocycles. The van der Waals surface area contributed by atoms with Crippen molar-refractivity contribution in [2.45, 2.75) is 0 Å². The minimum absolute atomic E-state index is 0.0222. The number of aliphatic hydroxyl groups is 1. The van der Waals surface area contributed by atoms with E-state index in [9.17, 15) is 14.7 Å². The summed E-state index contributed by atoms with van der Waals surface area (Å²) in [4.78, 5) is 26.0. The number of nitrogens with zero attached hydrogens (tertiary/aromatic N) is 1. The van der Waals surface area contributed by atoms with Crippen LogP contribution in [0.15, 0.2) is 41.5 Å². The van der Waals surface area contributed by atoms with Crippen molar-refractivity contribution in [1.82, 2.24) is 0 Å². The summed E-state index contributed by atoms with van der Waals surface area (Å²) in [7, 11) is 0. The summed E-state index contributed by atoms with van der Waals surface area (Å²) in [5, 5.41) is 12.0. The fourth-order valence-corrected chi connectivity index (χ4v) is 3.19. The van der Waals surface area contributed by atoms with Crippen molar-refractivity contribution in [2.75, 3.05) is 4.90 Å². The van der Waals surface area contributed by atoms with E-state index in [1.807, 2.05) is 0 Å². The van der Waals surface area contributed by atoms with E-state index in [0.29, 0.717) is 4.88 Å². The van der Waals surface area contributed by atoms with Gasteiger partial charge in [-0.1, -0.05) is 35.3 Å². The van der Waals surface area contributed by atoms with Gasteiger partial charge in [0, 0.05) is 4.88 Å². The summed E-state index contributed by atoms with van der Waals surface area (Å²) in [6.07, 6.45) is 0. The number of thiophene rings is 1. The van der Waals surface area contributed by atoms with E-state index in [0.717, 1.165) is 4.90 Å². The highest BCUT2D eigenvalue weighted by atomic mass is 35.5. The van der Waals surface area contributed by atoms with Gasteiger partial charge in [0.15, 0.2) is 5.76 Å². The van der Waals surface area contributed by atoms with Gasteiger partial charge in [0.05, 0.1) is 15.7 Å². The fourth-order valence-electron chi connectivity index (χ4n) is 2.04. The zero-order valence-corrected chi connectivity index (χ0v) is 12.7. The number of benzene rings is 1. The molecule has 3 rings (SSSR count). The van der Waals surface area contributed by atoms with E-state index in [4.69, 9.17) is 23.2 Å². The van der Waals surface area contributed by atoms with Gasteiger partial charge < -0.3 is 5.11 Å². The van der Waals surface area contributed by atoms with E-state index in [1.54, 1.807) is 29.6 Å². The molecule has 0 spiro atoms. The molecule has 0 saturated carbocycles. The van der Waals surface area contributed by atoms with Crippen LogP contribution < -0.4 is 4.90 Å². The number of rotatable bonds is 2. The number of amides is 2. The van der Waals surface area contributed by atoms with Gasteiger partial charge in [0.1, 0.15) is 5.57 Å². The predicted molar refractivity (Wildman–Crippen MR) is 82.8 cm³/mol. The van der Waals surface area contributed by atoms with E-state index in [1.165, 1.54) is 17.4 Å². The van der Waals surface area contributed by atoms with Crippen LogP contribution in [0.3, 0.4) is 0 Å². The van der Waals surface area contributed by atoms with Crippen LogP contribution in [-0.2, 0) is 9.59 Å². The maximum Gasteiger partial charge on any atom is 0.301 e. The Labute approximate surface area is 133 Å². The first-order chi connectivity index (χ1) is 10.0. The second kappa shape index (κ2) is 5.18. The zero-order chi connectivity index (χ0) is 15.1. The molecule has 0 unspecified atom stereocenters. The number of carbonyl (C=O) groups excluding carboxylic acids is 2. The van der Waals surface area contributed by atoms with Crippen LogP contribution in [0.1, 0.15) is 4.88 Å². The average molecular weight is 340 g/mol. The van der Waals surface area contributed by atoms with Crippen molar-refractivity contribution in [3.8, 4) is 0 Å². The van der Waals surface area contributed by atoms with Crippen LogP contribution in [0.4, 0.5) is 5.69 Å². The molecule has 0 radical (unpaired) electrons. The molecule has 2 amide bonds. The highest BCUT2D eigenvalue weighted by Gasteiger charge is 2.41. The molecule has 2 heterocycles. The van der Waals surface area contributed by atoms with Crippen LogP contribution in [0.5, 0.6) is 0 Å². The Morgan fingerprint density at radius 2 is 1.81 bits per heavy atom.